The van der Waals surface area contributed by atoms with Gasteiger partial charge in [0.2, 0.25) is 0 Å². The summed E-state index contributed by atoms with van der Waals surface area (Å²) in [4.78, 5) is 26.6. The van der Waals surface area contributed by atoms with E-state index < -0.39 is 17.3 Å². The predicted octanol–water partition coefficient (Wildman–Crippen LogP) is 4.54. The molecule has 7 nitrogen and oxygen atoms in total. The van der Waals surface area contributed by atoms with Crippen LogP contribution >= 0.6 is 12.4 Å². The second-order valence-corrected chi connectivity index (χ2v) is 10.0. The van der Waals surface area contributed by atoms with Crippen LogP contribution in [-0.2, 0) is 16.4 Å². The zero-order chi connectivity index (χ0) is 25.2. The Morgan fingerprint density at radius 1 is 0.972 bits per heavy atom. The van der Waals surface area contributed by atoms with Crippen LogP contribution in [0.1, 0.15) is 45.1 Å². The maximum absolute atomic E-state index is 13.4. The fraction of sp³-hybridized carbons (Fsp3) is 0.560. The molecule has 0 saturated carbocycles. The van der Waals surface area contributed by atoms with Crippen LogP contribution in [0.3, 0.4) is 0 Å². The highest BCUT2D eigenvalue weighted by molar-refractivity contribution is 5.97. The number of para-hydroxylation sites is 2. The van der Waals surface area contributed by atoms with Crippen LogP contribution in [0.15, 0.2) is 30.3 Å². The molecule has 2 aliphatic heterocycles. The van der Waals surface area contributed by atoms with Gasteiger partial charge in [-0.25, -0.2) is 9.97 Å². The highest BCUT2D eigenvalue weighted by atomic mass is 35.5. The second kappa shape index (κ2) is 11.2. The van der Waals surface area contributed by atoms with Crippen LogP contribution < -0.4 is 14.5 Å². The Morgan fingerprint density at radius 3 is 2.31 bits per heavy atom. The molecule has 0 radical (unpaired) electrons. The Balaban J connectivity index is 0.00000361. The average molecular weight is 528 g/mol. The Bertz CT molecular complexity index is 1020. The standard InChI is InChI=1S/C25H32F3N5O2.ClH/c1-24(2,3)23-29-20(25(26,27)28)16-21(30-23)32-14-12-31(13-15-32)10-6-7-11-33-18-8-4-5-9-19(18)35-17-22(33)34;/h4-5,8-9,16H,6-7,10-15,17H2,1-3H3;1H. The highest BCUT2D eigenvalue weighted by Crippen LogP contribution is 2.33. The van der Waals surface area contributed by atoms with Crippen LogP contribution in [0.5, 0.6) is 5.75 Å². The van der Waals surface area contributed by atoms with Crippen molar-refractivity contribution in [1.29, 1.82) is 0 Å². The fourth-order valence-corrected chi connectivity index (χ4v) is 4.28. The number of benzene rings is 1. The van der Waals surface area contributed by atoms with Gasteiger partial charge in [0.25, 0.3) is 5.91 Å². The Morgan fingerprint density at radius 2 is 1.64 bits per heavy atom. The molecule has 36 heavy (non-hydrogen) atoms. The van der Waals surface area contributed by atoms with E-state index in [0.29, 0.717) is 25.5 Å². The van der Waals surface area contributed by atoms with Crippen molar-refractivity contribution in [3.63, 3.8) is 0 Å². The number of carbonyl (C=O) groups is 1. The topological polar surface area (TPSA) is 61.8 Å². The van der Waals surface area contributed by atoms with E-state index in [1.165, 1.54) is 0 Å². The number of carbonyl (C=O) groups excluding carboxylic acids is 1. The monoisotopic (exact) mass is 527 g/mol. The third-order valence-corrected chi connectivity index (χ3v) is 6.28. The van der Waals surface area contributed by atoms with Crippen LogP contribution in [0.2, 0.25) is 0 Å². The summed E-state index contributed by atoms with van der Waals surface area (Å²) in [5.41, 5.74) is -0.663. The number of anilines is 2. The summed E-state index contributed by atoms with van der Waals surface area (Å²) in [5.74, 6) is 1.23. The predicted molar refractivity (Wildman–Crippen MR) is 135 cm³/mol. The minimum atomic E-state index is -4.51. The summed E-state index contributed by atoms with van der Waals surface area (Å²) < 4.78 is 45.8. The number of nitrogens with zero attached hydrogens (tertiary/aromatic N) is 5. The summed E-state index contributed by atoms with van der Waals surface area (Å²) >= 11 is 0. The van der Waals surface area contributed by atoms with Crippen molar-refractivity contribution in [3.05, 3.63) is 41.9 Å². The van der Waals surface area contributed by atoms with Crippen molar-refractivity contribution < 1.29 is 22.7 Å². The number of ether oxygens (including phenoxy) is 1. The molecule has 0 bridgehead atoms. The SMILES string of the molecule is CC(C)(C)c1nc(N2CCN(CCCCN3C(=O)COc4ccccc43)CC2)cc(C(F)(F)F)n1.Cl. The molecular formula is C25H33ClF3N5O2. The number of amides is 1. The van der Waals surface area contributed by atoms with Gasteiger partial charge in [-0.3, -0.25) is 9.69 Å². The molecule has 1 aromatic carbocycles. The summed E-state index contributed by atoms with van der Waals surface area (Å²) in [6.45, 7) is 9.71. The van der Waals surface area contributed by atoms with Crippen molar-refractivity contribution in [2.75, 3.05) is 55.7 Å². The third-order valence-electron chi connectivity index (χ3n) is 6.28. The minimum absolute atomic E-state index is 0. The van der Waals surface area contributed by atoms with Gasteiger partial charge in [0.15, 0.2) is 6.61 Å². The van der Waals surface area contributed by atoms with Crippen molar-refractivity contribution in [2.45, 2.75) is 45.2 Å². The Hall–Kier alpha value is -2.59. The van der Waals surface area contributed by atoms with Crippen molar-refractivity contribution >= 4 is 29.8 Å². The number of aromatic nitrogens is 2. The number of halogens is 4. The van der Waals surface area contributed by atoms with Gasteiger partial charge >= 0.3 is 6.18 Å². The molecule has 4 rings (SSSR count). The molecule has 0 spiro atoms. The minimum Gasteiger partial charge on any atom is -0.482 e. The average Bonchev–Trinajstić information content (AvgIpc) is 2.82. The summed E-state index contributed by atoms with van der Waals surface area (Å²) in [6, 6.07) is 8.61. The van der Waals surface area contributed by atoms with Crippen molar-refractivity contribution in [2.24, 2.45) is 0 Å². The fourth-order valence-electron chi connectivity index (χ4n) is 4.28. The van der Waals surface area contributed by atoms with E-state index in [0.717, 1.165) is 50.0 Å². The second-order valence-electron chi connectivity index (χ2n) is 10.0. The van der Waals surface area contributed by atoms with Gasteiger partial charge in [-0.05, 0) is 31.5 Å². The molecule has 2 aromatic rings. The molecule has 1 aromatic heterocycles. The molecule has 3 heterocycles. The number of fused-ring (bicyclic) bond motifs is 1. The Labute approximate surface area is 216 Å². The van der Waals surface area contributed by atoms with Crippen LogP contribution in [0.25, 0.3) is 0 Å². The lowest BCUT2D eigenvalue weighted by atomic mass is 9.95. The lowest BCUT2D eigenvalue weighted by Gasteiger charge is -2.36. The van der Waals surface area contributed by atoms with Gasteiger partial charge in [0.05, 0.1) is 5.69 Å². The molecule has 0 unspecified atom stereocenters. The van der Waals surface area contributed by atoms with E-state index in [1.807, 2.05) is 49.9 Å². The van der Waals surface area contributed by atoms with Crippen LogP contribution in [0, 0.1) is 0 Å². The molecule has 2 aliphatic rings. The van der Waals surface area contributed by atoms with E-state index in [-0.39, 0.29) is 30.7 Å². The van der Waals surface area contributed by atoms with Gasteiger partial charge in [0.1, 0.15) is 23.1 Å². The number of rotatable bonds is 6. The third kappa shape index (κ3) is 6.59. The summed E-state index contributed by atoms with van der Waals surface area (Å²) in [5, 5.41) is 0. The molecule has 0 N–H and O–H groups in total. The molecule has 11 heteroatoms. The summed E-state index contributed by atoms with van der Waals surface area (Å²) in [7, 11) is 0. The smallest absolute Gasteiger partial charge is 0.433 e. The molecule has 1 fully saturated rings. The summed E-state index contributed by atoms with van der Waals surface area (Å²) in [6.07, 6.45) is -2.73. The van der Waals surface area contributed by atoms with E-state index >= 15 is 0 Å². The number of unbranched alkanes of at least 4 members (excludes halogenated alkanes) is 1. The lowest BCUT2D eigenvalue weighted by Crippen LogP contribution is -2.47. The van der Waals surface area contributed by atoms with Gasteiger partial charge in [-0.1, -0.05) is 32.9 Å². The maximum Gasteiger partial charge on any atom is 0.433 e. The first-order chi connectivity index (χ1) is 16.5. The number of hydrogen-bond donors (Lipinski definition) is 0. The molecule has 1 amide bonds. The van der Waals surface area contributed by atoms with Gasteiger partial charge < -0.3 is 14.5 Å². The van der Waals surface area contributed by atoms with E-state index in [9.17, 15) is 18.0 Å². The van der Waals surface area contributed by atoms with Crippen LogP contribution in [0.4, 0.5) is 24.7 Å². The Kier molecular flexibility index (Phi) is 8.71. The largest absolute Gasteiger partial charge is 0.482 e. The zero-order valence-corrected chi connectivity index (χ0v) is 21.7. The van der Waals surface area contributed by atoms with E-state index in [4.69, 9.17) is 4.74 Å². The molecule has 1 saturated heterocycles. The van der Waals surface area contributed by atoms with E-state index in [1.54, 1.807) is 4.90 Å². The first-order valence-electron chi connectivity index (χ1n) is 12.0. The molecular weight excluding hydrogens is 495 g/mol. The van der Waals surface area contributed by atoms with Gasteiger partial charge in [-0.2, -0.15) is 13.2 Å². The van der Waals surface area contributed by atoms with Crippen LogP contribution in [-0.4, -0.2) is 66.7 Å². The molecule has 198 valence electrons. The van der Waals surface area contributed by atoms with Crippen molar-refractivity contribution in [1.82, 2.24) is 14.9 Å². The maximum atomic E-state index is 13.4. The number of alkyl halides is 3. The van der Waals surface area contributed by atoms with E-state index in [2.05, 4.69) is 14.9 Å². The lowest BCUT2D eigenvalue weighted by molar-refractivity contribution is -0.141. The molecule has 0 atom stereocenters. The number of hydrogen-bond acceptors (Lipinski definition) is 6. The normalized spacial score (nSPS) is 16.9. The zero-order valence-electron chi connectivity index (χ0n) is 20.8. The number of piperazine rings is 1. The molecule has 0 aliphatic carbocycles. The highest BCUT2D eigenvalue weighted by Gasteiger charge is 2.36. The van der Waals surface area contributed by atoms with Gasteiger partial charge in [-0.15, -0.1) is 12.4 Å². The first-order valence-corrected chi connectivity index (χ1v) is 12.0. The quantitative estimate of drug-likeness (QED) is 0.514. The first kappa shape index (κ1) is 28.0. The van der Waals surface area contributed by atoms with Gasteiger partial charge in [0, 0.05) is 44.2 Å². The van der Waals surface area contributed by atoms with Crippen molar-refractivity contribution in [3.8, 4) is 5.75 Å².